The van der Waals surface area contributed by atoms with Crippen LogP contribution in [0.2, 0.25) is 0 Å². The molecule has 2 rings (SSSR count). The van der Waals surface area contributed by atoms with E-state index in [9.17, 15) is 4.79 Å². The van der Waals surface area contributed by atoms with Gasteiger partial charge in [0, 0.05) is 18.7 Å². The lowest BCUT2D eigenvalue weighted by Crippen LogP contribution is -2.17. The minimum atomic E-state index is -0.117. The van der Waals surface area contributed by atoms with Crippen LogP contribution in [0, 0.1) is 0 Å². The summed E-state index contributed by atoms with van der Waals surface area (Å²) in [5.41, 5.74) is 1.64. The van der Waals surface area contributed by atoms with Crippen LogP contribution in [-0.4, -0.2) is 16.9 Å². The molecule has 1 heterocycles. The smallest absolute Gasteiger partial charge is 0.267 e. The Morgan fingerprint density at radius 2 is 1.88 bits per heavy atom. The Morgan fingerprint density at radius 3 is 2.44 bits per heavy atom. The minimum absolute atomic E-state index is 0.117. The number of methoxy groups -OCH3 is 1. The van der Waals surface area contributed by atoms with Crippen molar-refractivity contribution in [2.24, 2.45) is 7.05 Å². The van der Waals surface area contributed by atoms with Crippen molar-refractivity contribution in [3.63, 3.8) is 0 Å². The lowest BCUT2D eigenvalue weighted by molar-refractivity contribution is 0.415. The first-order valence-corrected chi connectivity index (χ1v) is 4.88. The topological polar surface area (TPSA) is 44.1 Å². The normalized spacial score (nSPS) is 10.1. The predicted octanol–water partition coefficient (Wildman–Crippen LogP) is 1.46. The van der Waals surface area contributed by atoms with Crippen LogP contribution in [0.1, 0.15) is 0 Å². The number of aromatic nitrogens is 2. The van der Waals surface area contributed by atoms with E-state index < -0.39 is 0 Å². The van der Waals surface area contributed by atoms with Crippen LogP contribution in [0.5, 0.6) is 5.75 Å². The van der Waals surface area contributed by atoms with E-state index in [0.717, 1.165) is 16.9 Å². The summed E-state index contributed by atoms with van der Waals surface area (Å²) in [6, 6.07) is 9.07. The van der Waals surface area contributed by atoms with Crippen molar-refractivity contribution in [1.82, 2.24) is 9.78 Å². The Bertz CT molecular complexity index is 544. The molecule has 82 valence electrons. The van der Waals surface area contributed by atoms with Gasteiger partial charge in [-0.1, -0.05) is 12.1 Å². The molecule has 0 aliphatic heterocycles. The van der Waals surface area contributed by atoms with Gasteiger partial charge >= 0.3 is 0 Å². The van der Waals surface area contributed by atoms with Gasteiger partial charge in [-0.25, -0.2) is 4.68 Å². The van der Waals surface area contributed by atoms with Gasteiger partial charge in [0.05, 0.1) is 13.3 Å². The van der Waals surface area contributed by atoms with Gasteiger partial charge in [-0.2, -0.15) is 5.10 Å². The molecule has 16 heavy (non-hydrogen) atoms. The standard InChI is InChI=1S/C12H12N2O2/c1-14-12(15)7-10(8-13-14)9-3-5-11(16-2)6-4-9/h3-8H,1-2H3. The van der Waals surface area contributed by atoms with Crippen molar-refractivity contribution in [2.75, 3.05) is 7.11 Å². The molecule has 4 nitrogen and oxygen atoms in total. The van der Waals surface area contributed by atoms with Gasteiger partial charge in [0.2, 0.25) is 0 Å². The molecule has 1 aromatic heterocycles. The average Bonchev–Trinajstić information content (AvgIpc) is 2.33. The van der Waals surface area contributed by atoms with Crippen molar-refractivity contribution in [3.8, 4) is 16.9 Å². The molecule has 0 amide bonds. The number of nitrogens with zero attached hydrogens (tertiary/aromatic N) is 2. The number of ether oxygens (including phenoxy) is 1. The second kappa shape index (κ2) is 4.18. The van der Waals surface area contributed by atoms with Gasteiger partial charge in [0.15, 0.2) is 0 Å². The molecule has 1 aromatic carbocycles. The largest absolute Gasteiger partial charge is 0.497 e. The molecule has 0 N–H and O–H groups in total. The number of benzene rings is 1. The summed E-state index contributed by atoms with van der Waals surface area (Å²) < 4.78 is 6.37. The van der Waals surface area contributed by atoms with E-state index in [1.165, 1.54) is 4.68 Å². The van der Waals surface area contributed by atoms with E-state index in [-0.39, 0.29) is 5.56 Å². The van der Waals surface area contributed by atoms with E-state index in [1.807, 2.05) is 24.3 Å². The van der Waals surface area contributed by atoms with Gasteiger partial charge in [0.1, 0.15) is 5.75 Å². The molecule has 0 bridgehead atoms. The molecule has 0 aliphatic rings. The maximum atomic E-state index is 11.4. The third-order valence-corrected chi connectivity index (χ3v) is 2.39. The summed E-state index contributed by atoms with van der Waals surface area (Å²) in [5.74, 6) is 0.792. The van der Waals surface area contributed by atoms with Crippen LogP contribution in [0.4, 0.5) is 0 Å². The molecular weight excluding hydrogens is 204 g/mol. The van der Waals surface area contributed by atoms with Crippen LogP contribution in [0.3, 0.4) is 0 Å². The zero-order valence-corrected chi connectivity index (χ0v) is 9.18. The quantitative estimate of drug-likeness (QED) is 0.763. The Morgan fingerprint density at radius 1 is 1.19 bits per heavy atom. The fourth-order valence-corrected chi connectivity index (χ4v) is 1.41. The molecule has 0 fully saturated rings. The fraction of sp³-hybridized carbons (Fsp3) is 0.167. The highest BCUT2D eigenvalue weighted by molar-refractivity contribution is 5.62. The summed E-state index contributed by atoms with van der Waals surface area (Å²) >= 11 is 0. The molecule has 0 unspecified atom stereocenters. The first-order valence-electron chi connectivity index (χ1n) is 4.88. The SMILES string of the molecule is COc1ccc(-c2cnn(C)c(=O)c2)cc1. The third kappa shape index (κ3) is 1.95. The predicted molar refractivity (Wildman–Crippen MR) is 61.5 cm³/mol. The second-order valence-corrected chi connectivity index (χ2v) is 3.43. The van der Waals surface area contributed by atoms with Crippen molar-refractivity contribution < 1.29 is 4.74 Å². The Labute approximate surface area is 93.1 Å². The molecule has 2 aromatic rings. The highest BCUT2D eigenvalue weighted by Gasteiger charge is 2.00. The third-order valence-electron chi connectivity index (χ3n) is 2.39. The average molecular weight is 216 g/mol. The van der Waals surface area contributed by atoms with E-state index in [4.69, 9.17) is 4.74 Å². The first kappa shape index (κ1) is 10.4. The molecule has 0 spiro atoms. The van der Waals surface area contributed by atoms with Crippen molar-refractivity contribution in [2.45, 2.75) is 0 Å². The highest BCUT2D eigenvalue weighted by atomic mass is 16.5. The van der Waals surface area contributed by atoms with Gasteiger partial charge in [-0.15, -0.1) is 0 Å². The number of hydrogen-bond acceptors (Lipinski definition) is 3. The molecule has 0 saturated carbocycles. The lowest BCUT2D eigenvalue weighted by Gasteiger charge is -2.03. The summed E-state index contributed by atoms with van der Waals surface area (Å²) in [6.45, 7) is 0. The van der Waals surface area contributed by atoms with Gasteiger partial charge in [-0.3, -0.25) is 4.79 Å². The van der Waals surface area contributed by atoms with Crippen molar-refractivity contribution in [1.29, 1.82) is 0 Å². The fourth-order valence-electron chi connectivity index (χ4n) is 1.41. The minimum Gasteiger partial charge on any atom is -0.497 e. The Kier molecular flexibility index (Phi) is 2.72. The molecule has 0 radical (unpaired) electrons. The zero-order chi connectivity index (χ0) is 11.5. The van der Waals surface area contributed by atoms with E-state index >= 15 is 0 Å². The monoisotopic (exact) mass is 216 g/mol. The maximum absolute atomic E-state index is 11.4. The van der Waals surface area contributed by atoms with Gasteiger partial charge < -0.3 is 4.74 Å². The van der Waals surface area contributed by atoms with Crippen LogP contribution in [0.15, 0.2) is 41.3 Å². The summed E-state index contributed by atoms with van der Waals surface area (Å²) in [4.78, 5) is 11.4. The van der Waals surface area contributed by atoms with E-state index in [1.54, 1.807) is 26.4 Å². The molecular formula is C12H12N2O2. The highest BCUT2D eigenvalue weighted by Crippen LogP contribution is 2.20. The number of aryl methyl sites for hydroxylation is 1. The van der Waals surface area contributed by atoms with Crippen LogP contribution < -0.4 is 10.3 Å². The maximum Gasteiger partial charge on any atom is 0.267 e. The van der Waals surface area contributed by atoms with Crippen LogP contribution >= 0.6 is 0 Å². The second-order valence-electron chi connectivity index (χ2n) is 3.43. The number of hydrogen-bond donors (Lipinski definition) is 0. The Balaban J connectivity index is 2.42. The lowest BCUT2D eigenvalue weighted by atomic mass is 10.1. The van der Waals surface area contributed by atoms with E-state index in [0.29, 0.717) is 0 Å². The molecule has 0 saturated heterocycles. The number of rotatable bonds is 2. The summed E-state index contributed by atoms with van der Waals surface area (Å²) in [6.07, 6.45) is 1.67. The van der Waals surface area contributed by atoms with Gasteiger partial charge in [0.25, 0.3) is 5.56 Å². The van der Waals surface area contributed by atoms with E-state index in [2.05, 4.69) is 5.10 Å². The van der Waals surface area contributed by atoms with Crippen molar-refractivity contribution in [3.05, 3.63) is 46.9 Å². The first-order chi connectivity index (χ1) is 7.70. The summed E-state index contributed by atoms with van der Waals surface area (Å²) in [7, 11) is 3.25. The zero-order valence-electron chi connectivity index (χ0n) is 9.18. The van der Waals surface area contributed by atoms with Crippen molar-refractivity contribution >= 4 is 0 Å². The van der Waals surface area contributed by atoms with Gasteiger partial charge in [-0.05, 0) is 17.7 Å². The van der Waals surface area contributed by atoms with Crippen LogP contribution in [0.25, 0.3) is 11.1 Å². The molecule has 0 aliphatic carbocycles. The molecule has 0 atom stereocenters. The summed E-state index contributed by atoms with van der Waals surface area (Å²) in [5, 5.41) is 3.97. The Hall–Kier alpha value is -2.10. The molecule has 4 heteroatoms. The van der Waals surface area contributed by atoms with Crippen LogP contribution in [-0.2, 0) is 7.05 Å².